The summed E-state index contributed by atoms with van der Waals surface area (Å²) < 4.78 is 0. The molecule has 0 unspecified atom stereocenters. The minimum absolute atomic E-state index is 0. The molecule has 6 nitrogen and oxygen atoms in total. The first-order chi connectivity index (χ1) is 11.1. The van der Waals surface area contributed by atoms with Crippen LogP contribution in [0.3, 0.4) is 0 Å². The Morgan fingerprint density at radius 2 is 1.79 bits per heavy atom. The van der Waals surface area contributed by atoms with E-state index in [-0.39, 0.29) is 11.4 Å². The van der Waals surface area contributed by atoms with Gasteiger partial charge in [-0.15, -0.1) is 0 Å². The van der Waals surface area contributed by atoms with Gasteiger partial charge < -0.3 is 10.6 Å². The van der Waals surface area contributed by atoms with Crippen LogP contribution in [-0.4, -0.2) is 16.3 Å². The Balaban J connectivity index is 0.00000169. The van der Waals surface area contributed by atoms with Gasteiger partial charge >= 0.3 is 0 Å². The van der Waals surface area contributed by atoms with Gasteiger partial charge in [-0.3, -0.25) is 0 Å². The molecule has 0 saturated heterocycles. The van der Waals surface area contributed by atoms with Gasteiger partial charge in [0.05, 0.1) is 22.8 Å². The summed E-state index contributed by atoms with van der Waals surface area (Å²) in [6.45, 7) is 3.79. The number of aliphatic hydroxyl groups is 1. The first-order valence-electron chi connectivity index (χ1n) is 7.22. The quantitative estimate of drug-likeness (QED) is 0.860. The minimum atomic E-state index is 0. The van der Waals surface area contributed by atoms with Crippen LogP contribution in [0.15, 0.2) is 59.0 Å². The summed E-state index contributed by atoms with van der Waals surface area (Å²) in [5.74, 6) is 0.0423. The molecule has 3 N–H and O–H groups in total. The van der Waals surface area contributed by atoms with Crippen molar-refractivity contribution < 1.29 is 10.6 Å². The van der Waals surface area contributed by atoms with E-state index in [4.69, 9.17) is 11.6 Å². The standard InChI is InChI=1S/C17H14ClN4O.H2O/c1-10-7-8-12(9-13(10)18)21-17(23)16-11(2)19-14-5-3-4-6-15(14)22(16)20-21;/h3-9,23H,1-2H3;1H2. The first kappa shape index (κ1) is 16.3. The summed E-state index contributed by atoms with van der Waals surface area (Å²) >= 11 is 6.20. The van der Waals surface area contributed by atoms with E-state index in [1.54, 1.807) is 11.1 Å². The van der Waals surface area contributed by atoms with Gasteiger partial charge in [0.25, 0.3) is 0 Å². The largest absolute Gasteiger partial charge is 0.492 e. The molecule has 0 aliphatic carbocycles. The van der Waals surface area contributed by atoms with Gasteiger partial charge in [0, 0.05) is 5.02 Å². The van der Waals surface area contributed by atoms with Gasteiger partial charge in [-0.2, -0.15) is 0 Å². The van der Waals surface area contributed by atoms with E-state index in [1.165, 1.54) is 5.01 Å². The molecule has 2 heterocycles. The highest BCUT2D eigenvalue weighted by Gasteiger charge is 2.37. The molecule has 123 valence electrons. The molecular formula is C17H16ClN4O2. The predicted octanol–water partition coefficient (Wildman–Crippen LogP) is 3.42. The number of hydrogen-bond donors (Lipinski definition) is 1. The Kier molecular flexibility index (Phi) is 3.96. The molecule has 2 aliphatic rings. The summed E-state index contributed by atoms with van der Waals surface area (Å²) in [5, 5.41) is 14.5. The Morgan fingerprint density at radius 3 is 2.54 bits per heavy atom. The van der Waals surface area contributed by atoms with Crippen LogP contribution in [0, 0.1) is 6.92 Å². The number of para-hydroxylation sites is 2. The molecule has 4 rings (SSSR count). The number of allylic oxidation sites excluding steroid dienone is 1. The maximum absolute atomic E-state index is 10.6. The van der Waals surface area contributed by atoms with Crippen LogP contribution >= 0.6 is 11.6 Å². The second-order valence-electron chi connectivity index (χ2n) is 5.50. The van der Waals surface area contributed by atoms with Crippen LogP contribution in [0.4, 0.5) is 17.1 Å². The van der Waals surface area contributed by atoms with Crippen molar-refractivity contribution in [1.29, 1.82) is 0 Å². The van der Waals surface area contributed by atoms with E-state index in [9.17, 15) is 5.11 Å². The van der Waals surface area contributed by atoms with Crippen LogP contribution in [0.2, 0.25) is 5.02 Å². The number of rotatable bonds is 1. The fourth-order valence-electron chi connectivity index (χ4n) is 2.71. The molecule has 0 amide bonds. The highest BCUT2D eigenvalue weighted by atomic mass is 35.5. The van der Waals surface area contributed by atoms with E-state index < -0.39 is 0 Å². The van der Waals surface area contributed by atoms with E-state index in [0.717, 1.165) is 16.9 Å². The van der Waals surface area contributed by atoms with Gasteiger partial charge in [0.2, 0.25) is 5.88 Å². The number of nitrogens with zero attached hydrogens (tertiary/aromatic N) is 4. The molecule has 0 atom stereocenters. The zero-order chi connectivity index (χ0) is 16.1. The van der Waals surface area contributed by atoms with Crippen molar-refractivity contribution in [2.45, 2.75) is 13.8 Å². The van der Waals surface area contributed by atoms with Crippen molar-refractivity contribution in [2.24, 2.45) is 4.99 Å². The van der Waals surface area contributed by atoms with Crippen molar-refractivity contribution in [3.05, 3.63) is 64.6 Å². The topological polar surface area (TPSA) is 84.7 Å². The lowest BCUT2D eigenvalue weighted by atomic mass is 10.1. The Bertz CT molecular complexity index is 879. The minimum Gasteiger partial charge on any atom is -0.492 e. The average molecular weight is 344 g/mol. The van der Waals surface area contributed by atoms with E-state index in [0.29, 0.717) is 22.1 Å². The van der Waals surface area contributed by atoms with Gasteiger partial charge in [-0.25, -0.2) is 15.0 Å². The van der Waals surface area contributed by atoms with Gasteiger partial charge in [0.15, 0.2) is 0 Å². The second kappa shape index (κ2) is 5.83. The second-order valence-corrected chi connectivity index (χ2v) is 5.91. The highest BCUT2D eigenvalue weighted by Crippen LogP contribution is 2.40. The lowest BCUT2D eigenvalue weighted by Gasteiger charge is -2.25. The molecule has 2 aromatic carbocycles. The number of aliphatic imine (C=N–C) groups is 1. The summed E-state index contributed by atoms with van der Waals surface area (Å²) in [4.78, 5) is 4.54. The number of anilines is 2. The van der Waals surface area contributed by atoms with Gasteiger partial charge in [-0.05, 0) is 49.2 Å². The van der Waals surface area contributed by atoms with Crippen LogP contribution in [-0.2, 0) is 0 Å². The Hall–Kier alpha value is -2.54. The third-order valence-corrected chi connectivity index (χ3v) is 4.35. The Labute approximate surface area is 144 Å². The number of fused-ring (bicyclic) bond motifs is 3. The summed E-state index contributed by atoms with van der Waals surface area (Å²) in [5.41, 5.74) is 9.16. The maximum atomic E-state index is 10.6. The smallest absolute Gasteiger partial charge is 0.237 e. The molecule has 0 fully saturated rings. The van der Waals surface area contributed by atoms with Crippen LogP contribution < -0.4 is 15.6 Å². The van der Waals surface area contributed by atoms with E-state index in [1.807, 2.05) is 50.2 Å². The lowest BCUT2D eigenvalue weighted by molar-refractivity contribution is 0.387. The molecule has 24 heavy (non-hydrogen) atoms. The summed E-state index contributed by atoms with van der Waals surface area (Å²) in [6.07, 6.45) is 0. The number of aryl methyl sites for hydroxylation is 1. The zero-order valence-corrected chi connectivity index (χ0v) is 13.9. The first-order valence-corrected chi connectivity index (χ1v) is 7.60. The van der Waals surface area contributed by atoms with Crippen molar-refractivity contribution in [1.82, 2.24) is 5.53 Å². The molecule has 0 aromatic heterocycles. The van der Waals surface area contributed by atoms with Crippen LogP contribution in [0.5, 0.6) is 0 Å². The molecule has 2 aromatic rings. The average Bonchev–Trinajstić information content (AvgIpc) is 2.89. The monoisotopic (exact) mass is 343 g/mol. The van der Waals surface area contributed by atoms with Crippen molar-refractivity contribution in [3.8, 4) is 0 Å². The fraction of sp³-hybridized carbons (Fsp3) is 0.118. The molecular weight excluding hydrogens is 328 g/mol. The zero-order valence-electron chi connectivity index (χ0n) is 13.2. The lowest BCUT2D eigenvalue weighted by Crippen LogP contribution is -2.36. The highest BCUT2D eigenvalue weighted by molar-refractivity contribution is 6.31. The summed E-state index contributed by atoms with van der Waals surface area (Å²) in [7, 11) is 0. The van der Waals surface area contributed by atoms with Crippen molar-refractivity contribution in [2.75, 3.05) is 10.0 Å². The molecule has 7 heteroatoms. The molecule has 1 radical (unpaired) electrons. The molecule has 0 saturated carbocycles. The number of halogens is 1. The van der Waals surface area contributed by atoms with Crippen molar-refractivity contribution in [3.63, 3.8) is 0 Å². The van der Waals surface area contributed by atoms with Crippen LogP contribution in [0.1, 0.15) is 12.5 Å². The third kappa shape index (κ3) is 2.32. The SMILES string of the molecule is CC1=Nc2ccccc2N2[N]N(c3ccc(C)c(Cl)c3)C(O)=C12.O. The predicted molar refractivity (Wildman–Crippen MR) is 95.8 cm³/mol. The summed E-state index contributed by atoms with van der Waals surface area (Å²) in [6, 6.07) is 13.3. The van der Waals surface area contributed by atoms with Crippen LogP contribution in [0.25, 0.3) is 0 Å². The number of aliphatic hydroxyl groups excluding tert-OH is 1. The molecule has 0 spiro atoms. The molecule has 2 aliphatic heterocycles. The van der Waals surface area contributed by atoms with Gasteiger partial charge in [0.1, 0.15) is 5.70 Å². The van der Waals surface area contributed by atoms with Crippen molar-refractivity contribution >= 4 is 34.4 Å². The molecule has 0 bridgehead atoms. The maximum Gasteiger partial charge on any atom is 0.237 e. The van der Waals surface area contributed by atoms with Gasteiger partial charge in [-0.1, -0.05) is 29.8 Å². The Morgan fingerprint density at radius 1 is 1.04 bits per heavy atom. The number of hydrogen-bond acceptors (Lipinski definition) is 4. The normalized spacial score (nSPS) is 15.7. The fourth-order valence-corrected chi connectivity index (χ4v) is 2.89. The third-order valence-electron chi connectivity index (χ3n) is 3.94. The van der Waals surface area contributed by atoms with E-state index >= 15 is 0 Å². The van der Waals surface area contributed by atoms with E-state index in [2.05, 4.69) is 10.5 Å². The number of benzene rings is 2.